The number of hydrogen-bond donors (Lipinski definition) is 2. The maximum atomic E-state index is 11.3. The molecule has 0 aromatic carbocycles. The minimum absolute atomic E-state index is 0.0250. The normalized spacial score (nSPS) is 9.86. The second kappa shape index (κ2) is 4.21. The van der Waals surface area contributed by atoms with Crippen molar-refractivity contribution in [3.8, 4) is 0 Å². The Kier molecular flexibility index (Phi) is 3.21. The molecule has 1 aromatic rings. The first-order valence-electron chi connectivity index (χ1n) is 3.73. The zero-order valence-electron chi connectivity index (χ0n) is 7.66. The topological polar surface area (TPSA) is 75.6 Å². The first kappa shape index (κ1) is 10.7. The molecule has 2 N–H and O–H groups in total. The number of aryl methyl sites for hydroxylation is 1. The van der Waals surface area contributed by atoms with Crippen molar-refractivity contribution < 1.29 is 19.5 Å². The molecule has 76 valence electrons. The Morgan fingerprint density at radius 3 is 2.71 bits per heavy atom. The third-order valence-corrected chi connectivity index (χ3v) is 2.53. The second-order valence-corrected chi connectivity index (χ2v) is 3.80. The van der Waals surface area contributed by atoms with Crippen LogP contribution >= 0.6 is 11.3 Å². The minimum atomic E-state index is -1.11. The van der Waals surface area contributed by atoms with Gasteiger partial charge in [0, 0.05) is 4.88 Å². The zero-order valence-corrected chi connectivity index (χ0v) is 8.47. The molecule has 0 bridgehead atoms. The van der Waals surface area contributed by atoms with Gasteiger partial charge < -0.3 is 5.11 Å². The molecule has 1 rings (SSSR count). The molecular weight excluding hydrogens is 206 g/mol. The molecule has 0 unspecified atom stereocenters. The molecule has 0 fully saturated rings. The zero-order chi connectivity index (χ0) is 10.7. The van der Waals surface area contributed by atoms with Gasteiger partial charge in [-0.1, -0.05) is 0 Å². The highest BCUT2D eigenvalue weighted by molar-refractivity contribution is 7.14. The predicted molar refractivity (Wildman–Crippen MR) is 50.5 cm³/mol. The quantitative estimate of drug-likeness (QED) is 0.739. The van der Waals surface area contributed by atoms with Crippen molar-refractivity contribution in [3.05, 3.63) is 21.4 Å². The fourth-order valence-electron chi connectivity index (χ4n) is 0.989. The summed E-state index contributed by atoms with van der Waals surface area (Å²) in [7, 11) is 1.29. The molecule has 0 atom stereocenters. The van der Waals surface area contributed by atoms with Crippen LogP contribution in [-0.2, 0) is 4.84 Å². The van der Waals surface area contributed by atoms with Gasteiger partial charge in [0.1, 0.15) is 4.88 Å². The lowest BCUT2D eigenvalue weighted by molar-refractivity contribution is 0.0530. The van der Waals surface area contributed by atoms with Crippen molar-refractivity contribution in [1.29, 1.82) is 0 Å². The van der Waals surface area contributed by atoms with Gasteiger partial charge >= 0.3 is 5.97 Å². The van der Waals surface area contributed by atoms with Crippen LogP contribution in [0.25, 0.3) is 0 Å². The van der Waals surface area contributed by atoms with Gasteiger partial charge in [-0.15, -0.1) is 11.3 Å². The average Bonchev–Trinajstić information content (AvgIpc) is 2.48. The average molecular weight is 215 g/mol. The van der Waals surface area contributed by atoms with Gasteiger partial charge in [-0.2, -0.15) is 0 Å². The number of rotatable bonds is 3. The number of nitrogens with one attached hydrogen (secondary N) is 1. The van der Waals surface area contributed by atoms with Crippen LogP contribution in [0.15, 0.2) is 6.07 Å². The third kappa shape index (κ3) is 2.09. The molecule has 1 aromatic heterocycles. The lowest BCUT2D eigenvalue weighted by atomic mass is 10.2. The number of hydroxylamine groups is 1. The highest BCUT2D eigenvalue weighted by Crippen LogP contribution is 2.21. The van der Waals surface area contributed by atoms with Crippen LogP contribution in [0, 0.1) is 6.92 Å². The van der Waals surface area contributed by atoms with Gasteiger partial charge in [0.05, 0.1) is 12.7 Å². The molecule has 0 radical (unpaired) electrons. The highest BCUT2D eigenvalue weighted by Gasteiger charge is 2.19. The second-order valence-electron chi connectivity index (χ2n) is 2.54. The molecule has 0 aliphatic carbocycles. The number of carboxylic acid groups (broad SMARTS) is 1. The number of aromatic carboxylic acids is 1. The Morgan fingerprint density at radius 1 is 1.57 bits per heavy atom. The van der Waals surface area contributed by atoms with Gasteiger partial charge in [-0.25, -0.2) is 10.3 Å². The first-order valence-corrected chi connectivity index (χ1v) is 4.55. The van der Waals surface area contributed by atoms with Crippen molar-refractivity contribution in [2.75, 3.05) is 7.11 Å². The monoisotopic (exact) mass is 215 g/mol. The van der Waals surface area contributed by atoms with E-state index in [1.54, 1.807) is 6.92 Å². The maximum Gasteiger partial charge on any atom is 0.346 e. The molecule has 1 heterocycles. The summed E-state index contributed by atoms with van der Waals surface area (Å²) in [6.45, 7) is 1.74. The van der Waals surface area contributed by atoms with E-state index in [0.29, 0.717) is 0 Å². The van der Waals surface area contributed by atoms with Crippen molar-refractivity contribution in [2.45, 2.75) is 6.92 Å². The van der Waals surface area contributed by atoms with Crippen LogP contribution in [0.1, 0.15) is 24.9 Å². The van der Waals surface area contributed by atoms with E-state index >= 15 is 0 Å². The van der Waals surface area contributed by atoms with Gasteiger partial charge in [-0.3, -0.25) is 9.63 Å². The van der Waals surface area contributed by atoms with Crippen molar-refractivity contribution >= 4 is 23.2 Å². The summed E-state index contributed by atoms with van der Waals surface area (Å²) in [6.07, 6.45) is 0. The van der Waals surface area contributed by atoms with Crippen LogP contribution < -0.4 is 5.48 Å². The van der Waals surface area contributed by atoms with Crippen LogP contribution in [0.2, 0.25) is 0 Å². The van der Waals surface area contributed by atoms with Crippen molar-refractivity contribution in [1.82, 2.24) is 5.48 Å². The summed E-state index contributed by atoms with van der Waals surface area (Å²) in [4.78, 5) is 27.2. The smallest absolute Gasteiger partial charge is 0.346 e. The molecule has 0 spiro atoms. The summed E-state index contributed by atoms with van der Waals surface area (Å²) < 4.78 is 0. The molecule has 0 saturated carbocycles. The third-order valence-electron chi connectivity index (χ3n) is 1.49. The van der Waals surface area contributed by atoms with E-state index in [9.17, 15) is 9.59 Å². The van der Waals surface area contributed by atoms with E-state index in [2.05, 4.69) is 10.3 Å². The number of hydrogen-bond acceptors (Lipinski definition) is 4. The molecular formula is C8H9NO4S. The SMILES string of the molecule is CONC(=O)c1cc(C)sc1C(=O)O. The van der Waals surface area contributed by atoms with E-state index in [-0.39, 0.29) is 10.4 Å². The highest BCUT2D eigenvalue weighted by atomic mass is 32.1. The Labute approximate surface area is 84.3 Å². The lowest BCUT2D eigenvalue weighted by Crippen LogP contribution is -2.23. The molecule has 5 nitrogen and oxygen atoms in total. The predicted octanol–water partition coefficient (Wildman–Crippen LogP) is 1.05. The fraction of sp³-hybridized carbons (Fsp3) is 0.250. The van der Waals surface area contributed by atoms with Crippen LogP contribution in [0.3, 0.4) is 0 Å². The maximum absolute atomic E-state index is 11.3. The number of carboxylic acids is 1. The summed E-state index contributed by atoms with van der Waals surface area (Å²) >= 11 is 1.06. The number of amides is 1. The van der Waals surface area contributed by atoms with E-state index in [0.717, 1.165) is 16.2 Å². The molecule has 1 amide bonds. The molecule has 14 heavy (non-hydrogen) atoms. The van der Waals surface area contributed by atoms with Crippen LogP contribution in [0.5, 0.6) is 0 Å². The summed E-state index contributed by atoms with van der Waals surface area (Å²) in [5.41, 5.74) is 2.20. The van der Waals surface area contributed by atoms with Gasteiger partial charge in [0.2, 0.25) is 0 Å². The minimum Gasteiger partial charge on any atom is -0.477 e. The largest absolute Gasteiger partial charge is 0.477 e. The Balaban J connectivity index is 3.06. The first-order chi connectivity index (χ1) is 6.56. The standard InChI is InChI=1S/C8H9NO4S/c1-4-3-5(7(10)9-13-2)6(14-4)8(11)12/h3H,1-2H3,(H,9,10)(H,11,12). The Hall–Kier alpha value is -1.40. The number of thiophene rings is 1. The van der Waals surface area contributed by atoms with E-state index in [1.807, 2.05) is 0 Å². The van der Waals surface area contributed by atoms with Crippen molar-refractivity contribution in [2.24, 2.45) is 0 Å². The Morgan fingerprint density at radius 2 is 2.21 bits per heavy atom. The summed E-state index contributed by atoms with van der Waals surface area (Å²) in [5.74, 6) is -1.65. The van der Waals surface area contributed by atoms with Crippen LogP contribution in [0.4, 0.5) is 0 Å². The van der Waals surface area contributed by atoms with E-state index in [4.69, 9.17) is 5.11 Å². The van der Waals surface area contributed by atoms with Crippen molar-refractivity contribution in [3.63, 3.8) is 0 Å². The summed E-state index contributed by atoms with van der Waals surface area (Å²) in [6, 6.07) is 1.52. The molecule has 0 saturated heterocycles. The number of carbonyl (C=O) groups is 2. The fourth-order valence-corrected chi connectivity index (χ4v) is 1.84. The van der Waals surface area contributed by atoms with Gasteiger partial charge in [0.25, 0.3) is 5.91 Å². The number of carbonyl (C=O) groups excluding carboxylic acids is 1. The molecule has 0 aliphatic heterocycles. The lowest BCUT2D eigenvalue weighted by Gasteiger charge is -1.99. The van der Waals surface area contributed by atoms with E-state index in [1.165, 1.54) is 13.2 Å². The molecule has 0 aliphatic rings. The Bertz CT molecular complexity index is 371. The van der Waals surface area contributed by atoms with E-state index < -0.39 is 11.9 Å². The van der Waals surface area contributed by atoms with Gasteiger partial charge in [-0.05, 0) is 13.0 Å². The molecule has 6 heteroatoms. The van der Waals surface area contributed by atoms with Gasteiger partial charge in [0.15, 0.2) is 0 Å². The van der Waals surface area contributed by atoms with Crippen LogP contribution in [-0.4, -0.2) is 24.1 Å². The summed E-state index contributed by atoms with van der Waals surface area (Å²) in [5, 5.41) is 8.79.